The number of carbonyl (C=O) groups excluding carboxylic acids is 2. The Hall–Kier alpha value is -4.39. The van der Waals surface area contributed by atoms with Gasteiger partial charge in [0.2, 0.25) is 0 Å². The van der Waals surface area contributed by atoms with Crippen molar-refractivity contribution in [3.8, 4) is 22.7 Å². The second-order valence-corrected chi connectivity index (χ2v) is 8.20. The standard InChI is InChI=1S/C27H24N4O3/c28-27(33)22-11-4-5-12-24(22)34-17-26(32)29-25-16-23(30-31(25)21-9-2-1-3-10-21)20-14-13-18-7-6-8-19(18)15-20/h1-5,9-16H,6-8,17H2,(H2,28,33)(H,29,32). The molecule has 34 heavy (non-hydrogen) atoms. The Balaban J connectivity index is 1.40. The number of fused-ring (bicyclic) bond motifs is 1. The second kappa shape index (κ2) is 9.23. The fraction of sp³-hybridized carbons (Fsp3) is 0.148. The van der Waals surface area contributed by atoms with Crippen LogP contribution in [0, 0.1) is 0 Å². The number of nitrogens with zero attached hydrogens (tertiary/aromatic N) is 2. The quantitative estimate of drug-likeness (QED) is 0.440. The number of hydrogen-bond acceptors (Lipinski definition) is 4. The van der Waals surface area contributed by atoms with Gasteiger partial charge in [-0.1, -0.05) is 42.5 Å². The molecule has 0 saturated carbocycles. The summed E-state index contributed by atoms with van der Waals surface area (Å²) >= 11 is 0. The molecule has 1 aliphatic carbocycles. The summed E-state index contributed by atoms with van der Waals surface area (Å²) in [4.78, 5) is 24.4. The SMILES string of the molecule is NC(=O)c1ccccc1OCC(=O)Nc1cc(-c2ccc3c(c2)CCC3)nn1-c1ccccc1. The van der Waals surface area contributed by atoms with Crippen molar-refractivity contribution in [3.63, 3.8) is 0 Å². The van der Waals surface area contributed by atoms with Gasteiger partial charge in [-0.15, -0.1) is 0 Å². The maximum absolute atomic E-state index is 12.8. The van der Waals surface area contributed by atoms with Crippen LogP contribution in [-0.2, 0) is 17.6 Å². The summed E-state index contributed by atoms with van der Waals surface area (Å²) in [5.41, 5.74) is 11.0. The van der Waals surface area contributed by atoms with E-state index in [0.29, 0.717) is 5.82 Å². The summed E-state index contributed by atoms with van der Waals surface area (Å²) in [6, 6.07) is 24.5. The summed E-state index contributed by atoms with van der Waals surface area (Å²) in [5.74, 6) is -0.201. The average molecular weight is 453 g/mol. The fourth-order valence-electron chi connectivity index (χ4n) is 4.23. The van der Waals surface area contributed by atoms with Crippen molar-refractivity contribution in [2.45, 2.75) is 19.3 Å². The predicted molar refractivity (Wildman–Crippen MR) is 130 cm³/mol. The number of nitrogens with one attached hydrogen (secondary N) is 1. The van der Waals surface area contributed by atoms with Crippen molar-refractivity contribution < 1.29 is 14.3 Å². The van der Waals surface area contributed by atoms with E-state index in [1.807, 2.05) is 36.4 Å². The van der Waals surface area contributed by atoms with Crippen molar-refractivity contribution in [1.82, 2.24) is 9.78 Å². The molecule has 170 valence electrons. The Labute approximate surface area is 197 Å². The zero-order valence-corrected chi connectivity index (χ0v) is 18.5. The van der Waals surface area contributed by atoms with Gasteiger partial charge < -0.3 is 15.8 Å². The number of nitrogens with two attached hydrogens (primary N) is 1. The van der Waals surface area contributed by atoms with Gasteiger partial charge in [0.1, 0.15) is 11.6 Å². The molecule has 1 aliphatic rings. The van der Waals surface area contributed by atoms with Gasteiger partial charge in [-0.25, -0.2) is 4.68 Å². The summed E-state index contributed by atoms with van der Waals surface area (Å²) in [6.07, 6.45) is 3.38. The molecule has 7 nitrogen and oxygen atoms in total. The van der Waals surface area contributed by atoms with E-state index in [2.05, 4.69) is 23.5 Å². The van der Waals surface area contributed by atoms with Crippen LogP contribution in [-0.4, -0.2) is 28.2 Å². The molecule has 0 saturated heterocycles. The average Bonchev–Trinajstić information content (AvgIpc) is 3.50. The summed E-state index contributed by atoms with van der Waals surface area (Å²) in [7, 11) is 0. The van der Waals surface area contributed by atoms with Crippen LogP contribution < -0.4 is 15.8 Å². The number of primary amides is 1. The Kier molecular flexibility index (Phi) is 5.82. The lowest BCUT2D eigenvalue weighted by molar-refractivity contribution is -0.118. The highest BCUT2D eigenvalue weighted by atomic mass is 16.5. The molecule has 1 aromatic heterocycles. The number of rotatable bonds is 7. The van der Waals surface area contributed by atoms with Crippen LogP contribution in [0.4, 0.5) is 5.82 Å². The normalized spacial score (nSPS) is 12.2. The van der Waals surface area contributed by atoms with Crippen LogP contribution in [0.15, 0.2) is 78.9 Å². The number of para-hydroxylation sites is 2. The lowest BCUT2D eigenvalue weighted by atomic mass is 10.0. The highest BCUT2D eigenvalue weighted by molar-refractivity contribution is 5.96. The molecule has 7 heteroatoms. The molecule has 0 fully saturated rings. The molecule has 4 aromatic rings. The van der Waals surface area contributed by atoms with E-state index in [-0.39, 0.29) is 23.8 Å². The number of benzene rings is 3. The van der Waals surface area contributed by atoms with Gasteiger partial charge in [0, 0.05) is 11.6 Å². The molecule has 0 unspecified atom stereocenters. The molecule has 0 spiro atoms. The largest absolute Gasteiger partial charge is 0.483 e. The molecule has 1 heterocycles. The third-order valence-electron chi connectivity index (χ3n) is 5.88. The maximum Gasteiger partial charge on any atom is 0.263 e. The smallest absolute Gasteiger partial charge is 0.263 e. The van der Waals surface area contributed by atoms with Gasteiger partial charge in [-0.3, -0.25) is 9.59 Å². The number of ether oxygens (including phenoxy) is 1. The number of aromatic nitrogens is 2. The van der Waals surface area contributed by atoms with E-state index >= 15 is 0 Å². The van der Waals surface area contributed by atoms with E-state index in [1.54, 1.807) is 28.9 Å². The van der Waals surface area contributed by atoms with Crippen LogP contribution in [0.2, 0.25) is 0 Å². The summed E-state index contributed by atoms with van der Waals surface area (Å²) in [5, 5.41) is 7.68. The van der Waals surface area contributed by atoms with Gasteiger partial charge in [0.25, 0.3) is 11.8 Å². The maximum atomic E-state index is 12.8. The molecule has 0 aliphatic heterocycles. The lowest BCUT2D eigenvalue weighted by Crippen LogP contribution is -2.23. The van der Waals surface area contributed by atoms with Crippen LogP contribution in [0.25, 0.3) is 16.9 Å². The van der Waals surface area contributed by atoms with Crippen molar-refractivity contribution >= 4 is 17.6 Å². The van der Waals surface area contributed by atoms with Gasteiger partial charge in [0.15, 0.2) is 6.61 Å². The Bertz CT molecular complexity index is 1360. The number of carbonyl (C=O) groups is 2. The zero-order valence-electron chi connectivity index (χ0n) is 18.5. The van der Waals surface area contributed by atoms with Crippen molar-refractivity contribution in [2.24, 2.45) is 5.73 Å². The van der Waals surface area contributed by atoms with E-state index in [1.165, 1.54) is 17.5 Å². The first-order valence-corrected chi connectivity index (χ1v) is 11.2. The minimum Gasteiger partial charge on any atom is -0.483 e. The van der Waals surface area contributed by atoms with Crippen LogP contribution in [0.5, 0.6) is 5.75 Å². The number of aryl methyl sites for hydroxylation is 2. The number of hydrogen-bond donors (Lipinski definition) is 2. The van der Waals surface area contributed by atoms with Gasteiger partial charge >= 0.3 is 0 Å². The van der Waals surface area contributed by atoms with E-state index in [0.717, 1.165) is 29.8 Å². The Morgan fingerprint density at radius 3 is 2.53 bits per heavy atom. The highest BCUT2D eigenvalue weighted by Crippen LogP contribution is 2.30. The number of anilines is 1. The first kappa shape index (κ1) is 21.5. The van der Waals surface area contributed by atoms with E-state index in [4.69, 9.17) is 15.6 Å². The Morgan fingerprint density at radius 2 is 1.71 bits per heavy atom. The van der Waals surface area contributed by atoms with Crippen LogP contribution in [0.1, 0.15) is 27.9 Å². The molecule has 2 amide bonds. The van der Waals surface area contributed by atoms with Crippen LogP contribution >= 0.6 is 0 Å². The van der Waals surface area contributed by atoms with E-state index < -0.39 is 5.91 Å². The van der Waals surface area contributed by atoms with Crippen LogP contribution in [0.3, 0.4) is 0 Å². The zero-order chi connectivity index (χ0) is 23.5. The molecule has 3 N–H and O–H groups in total. The van der Waals surface area contributed by atoms with Crippen molar-refractivity contribution in [3.05, 3.63) is 95.6 Å². The lowest BCUT2D eigenvalue weighted by Gasteiger charge is -2.11. The topological polar surface area (TPSA) is 99.2 Å². The third kappa shape index (κ3) is 4.41. The molecule has 0 bridgehead atoms. The van der Waals surface area contributed by atoms with E-state index in [9.17, 15) is 9.59 Å². The Morgan fingerprint density at radius 1 is 0.941 bits per heavy atom. The fourth-order valence-corrected chi connectivity index (χ4v) is 4.23. The number of amides is 2. The monoisotopic (exact) mass is 452 g/mol. The first-order chi connectivity index (χ1) is 16.6. The van der Waals surface area contributed by atoms with Crippen molar-refractivity contribution in [1.29, 1.82) is 0 Å². The molecular formula is C27H24N4O3. The minimum atomic E-state index is -0.614. The van der Waals surface area contributed by atoms with Gasteiger partial charge in [0.05, 0.1) is 16.9 Å². The molecule has 0 radical (unpaired) electrons. The molecular weight excluding hydrogens is 428 g/mol. The molecule has 5 rings (SSSR count). The van der Waals surface area contributed by atoms with Gasteiger partial charge in [-0.2, -0.15) is 5.10 Å². The first-order valence-electron chi connectivity index (χ1n) is 11.2. The predicted octanol–water partition coefficient (Wildman–Crippen LogP) is 4.14. The highest BCUT2D eigenvalue weighted by Gasteiger charge is 2.17. The molecule has 0 atom stereocenters. The van der Waals surface area contributed by atoms with Crippen molar-refractivity contribution in [2.75, 3.05) is 11.9 Å². The van der Waals surface area contributed by atoms with Gasteiger partial charge in [-0.05, 0) is 60.7 Å². The second-order valence-electron chi connectivity index (χ2n) is 8.20. The third-order valence-corrected chi connectivity index (χ3v) is 5.88. The summed E-state index contributed by atoms with van der Waals surface area (Å²) < 4.78 is 7.28. The minimum absolute atomic E-state index is 0.225. The molecule has 3 aromatic carbocycles. The summed E-state index contributed by atoms with van der Waals surface area (Å²) in [6.45, 7) is -0.279.